The van der Waals surface area contributed by atoms with Crippen molar-refractivity contribution in [3.05, 3.63) is 24.0 Å². The van der Waals surface area contributed by atoms with Crippen LogP contribution in [0.5, 0.6) is 0 Å². The Hall–Kier alpha value is -2.35. The quantitative estimate of drug-likeness (QED) is 0.696. The van der Waals surface area contributed by atoms with Gasteiger partial charge in [-0.05, 0) is 18.9 Å². The molecule has 1 rings (SSSR count). The lowest BCUT2D eigenvalue weighted by molar-refractivity contribution is -0.111. The first kappa shape index (κ1) is 10.7. The Morgan fingerprint density at radius 3 is 2.87 bits per heavy atom. The van der Waals surface area contributed by atoms with E-state index in [-0.39, 0.29) is 11.3 Å². The molecule has 0 spiro atoms. The number of rotatable bonds is 2. The first-order valence-electron chi connectivity index (χ1n) is 4.06. The molecule has 0 fully saturated rings. The van der Waals surface area contributed by atoms with Crippen molar-refractivity contribution in [1.82, 2.24) is 4.98 Å². The third-order valence-electron chi connectivity index (χ3n) is 1.54. The average Bonchev–Trinajstić information content (AvgIpc) is 2.18. The van der Waals surface area contributed by atoms with Crippen LogP contribution in [0.25, 0.3) is 0 Å². The van der Waals surface area contributed by atoms with Crippen LogP contribution < -0.4 is 5.32 Å². The maximum Gasteiger partial charge on any atom is 0.339 e. The zero-order valence-electron chi connectivity index (χ0n) is 7.94. The van der Waals surface area contributed by atoms with Gasteiger partial charge in [-0.15, -0.1) is 0 Å². The Morgan fingerprint density at radius 1 is 1.53 bits per heavy atom. The van der Waals surface area contributed by atoms with Gasteiger partial charge in [-0.1, -0.05) is 5.92 Å². The summed E-state index contributed by atoms with van der Waals surface area (Å²) in [7, 11) is 0. The number of anilines is 1. The lowest BCUT2D eigenvalue weighted by atomic mass is 10.2. The Balaban J connectivity index is 2.97. The van der Waals surface area contributed by atoms with Crippen molar-refractivity contribution in [2.45, 2.75) is 6.92 Å². The zero-order valence-corrected chi connectivity index (χ0v) is 7.94. The number of carboxylic acids is 1. The highest BCUT2D eigenvalue weighted by molar-refractivity contribution is 6.07. The lowest BCUT2D eigenvalue weighted by Gasteiger charge is -2.03. The third kappa shape index (κ3) is 2.81. The topological polar surface area (TPSA) is 79.3 Å². The number of hydrogen-bond donors (Lipinski definition) is 2. The van der Waals surface area contributed by atoms with Gasteiger partial charge in [0.15, 0.2) is 0 Å². The van der Waals surface area contributed by atoms with Gasteiger partial charge in [0.2, 0.25) is 0 Å². The normalized spacial score (nSPS) is 8.60. The Labute approximate surface area is 86.1 Å². The van der Waals surface area contributed by atoms with Crippen molar-refractivity contribution in [1.29, 1.82) is 0 Å². The molecule has 1 aromatic heterocycles. The zero-order chi connectivity index (χ0) is 11.3. The highest BCUT2D eigenvalue weighted by Gasteiger charge is 2.10. The lowest BCUT2D eigenvalue weighted by Crippen LogP contribution is -2.12. The number of nitrogens with zero attached hydrogens (tertiary/aromatic N) is 1. The molecular weight excluding hydrogens is 196 g/mol. The summed E-state index contributed by atoms with van der Waals surface area (Å²) < 4.78 is 0. The fourth-order valence-corrected chi connectivity index (χ4v) is 0.941. The van der Waals surface area contributed by atoms with Gasteiger partial charge >= 0.3 is 5.97 Å². The molecule has 5 heteroatoms. The second kappa shape index (κ2) is 4.77. The van der Waals surface area contributed by atoms with Crippen LogP contribution in [0, 0.1) is 11.8 Å². The number of amides is 1. The molecule has 0 atom stereocenters. The monoisotopic (exact) mass is 204 g/mol. The van der Waals surface area contributed by atoms with Crippen LogP contribution >= 0.6 is 0 Å². The Bertz CT molecular complexity index is 457. The molecule has 0 aliphatic rings. The number of aromatic nitrogens is 1. The predicted octanol–water partition coefficient (Wildman–Crippen LogP) is 0.742. The van der Waals surface area contributed by atoms with Crippen LogP contribution in [-0.2, 0) is 4.79 Å². The van der Waals surface area contributed by atoms with Crippen molar-refractivity contribution in [2.75, 3.05) is 5.32 Å². The fourth-order valence-electron chi connectivity index (χ4n) is 0.941. The molecule has 1 aromatic rings. The van der Waals surface area contributed by atoms with E-state index in [2.05, 4.69) is 22.1 Å². The average molecular weight is 204 g/mol. The minimum atomic E-state index is -1.15. The maximum absolute atomic E-state index is 11.1. The standard InChI is InChI=1S/C10H8N2O3/c1-2-3-9(13)12-8-4-5-11-6-7(8)10(14)15/h4-6H,1H3,(H,14,15)(H,11,12,13). The largest absolute Gasteiger partial charge is 0.478 e. The minimum absolute atomic E-state index is 0.0660. The van der Waals surface area contributed by atoms with Crippen molar-refractivity contribution in [2.24, 2.45) is 0 Å². The summed E-state index contributed by atoms with van der Waals surface area (Å²) in [5.74, 6) is 2.96. The summed E-state index contributed by atoms with van der Waals surface area (Å²) in [6.07, 6.45) is 2.55. The third-order valence-corrected chi connectivity index (χ3v) is 1.54. The molecule has 1 amide bonds. The van der Waals surface area contributed by atoms with Gasteiger partial charge in [-0.25, -0.2) is 4.79 Å². The SMILES string of the molecule is CC#CC(=O)Nc1ccncc1C(=O)O. The molecule has 0 radical (unpaired) electrons. The minimum Gasteiger partial charge on any atom is -0.478 e. The van der Waals surface area contributed by atoms with Gasteiger partial charge in [-0.3, -0.25) is 9.78 Å². The smallest absolute Gasteiger partial charge is 0.339 e. The predicted molar refractivity (Wildman–Crippen MR) is 53.3 cm³/mol. The number of carboxylic acid groups (broad SMARTS) is 1. The van der Waals surface area contributed by atoms with Crippen LogP contribution in [0.1, 0.15) is 17.3 Å². The number of pyridine rings is 1. The van der Waals surface area contributed by atoms with E-state index in [4.69, 9.17) is 5.11 Å². The van der Waals surface area contributed by atoms with Crippen molar-refractivity contribution >= 4 is 17.6 Å². The summed E-state index contributed by atoms with van der Waals surface area (Å²) in [4.78, 5) is 25.5. The summed E-state index contributed by atoms with van der Waals surface area (Å²) in [5, 5.41) is 11.1. The van der Waals surface area contributed by atoms with Crippen molar-refractivity contribution < 1.29 is 14.7 Å². The first-order valence-corrected chi connectivity index (χ1v) is 4.06. The number of aromatic carboxylic acids is 1. The number of hydrogen-bond acceptors (Lipinski definition) is 3. The van der Waals surface area contributed by atoms with Gasteiger partial charge in [0, 0.05) is 12.4 Å². The number of carbonyl (C=O) groups is 2. The Kier molecular flexibility index (Phi) is 3.41. The molecule has 0 bridgehead atoms. The van der Waals surface area contributed by atoms with E-state index in [1.807, 2.05) is 0 Å². The van der Waals surface area contributed by atoms with Crippen LogP contribution in [0.2, 0.25) is 0 Å². The van der Waals surface area contributed by atoms with Crippen LogP contribution in [0.4, 0.5) is 5.69 Å². The molecule has 0 aromatic carbocycles. The van der Waals surface area contributed by atoms with Gasteiger partial charge in [0.25, 0.3) is 5.91 Å². The van der Waals surface area contributed by atoms with Crippen LogP contribution in [0.3, 0.4) is 0 Å². The Morgan fingerprint density at radius 2 is 2.27 bits per heavy atom. The molecular formula is C10H8N2O3. The van der Waals surface area contributed by atoms with E-state index in [1.165, 1.54) is 19.2 Å². The molecule has 0 saturated carbocycles. The van der Waals surface area contributed by atoms with Gasteiger partial charge < -0.3 is 10.4 Å². The fraction of sp³-hybridized carbons (Fsp3) is 0.100. The van der Waals surface area contributed by atoms with E-state index in [1.54, 1.807) is 0 Å². The van der Waals surface area contributed by atoms with E-state index in [0.29, 0.717) is 0 Å². The van der Waals surface area contributed by atoms with Crippen molar-refractivity contribution in [3.63, 3.8) is 0 Å². The van der Waals surface area contributed by atoms with Crippen LogP contribution in [-0.4, -0.2) is 22.0 Å². The first-order chi connectivity index (χ1) is 7.15. The van der Waals surface area contributed by atoms with Gasteiger partial charge in [0.05, 0.1) is 5.69 Å². The van der Waals surface area contributed by atoms with Crippen LogP contribution in [0.15, 0.2) is 18.5 Å². The van der Waals surface area contributed by atoms with Gasteiger partial charge in [-0.2, -0.15) is 0 Å². The van der Waals surface area contributed by atoms with E-state index in [9.17, 15) is 9.59 Å². The molecule has 0 unspecified atom stereocenters. The van der Waals surface area contributed by atoms with Crippen molar-refractivity contribution in [3.8, 4) is 11.8 Å². The highest BCUT2D eigenvalue weighted by Crippen LogP contribution is 2.12. The second-order valence-corrected chi connectivity index (χ2v) is 2.56. The highest BCUT2D eigenvalue weighted by atomic mass is 16.4. The molecule has 76 valence electrons. The summed E-state index contributed by atoms with van der Waals surface area (Å²) >= 11 is 0. The number of carbonyl (C=O) groups excluding carboxylic acids is 1. The molecule has 2 N–H and O–H groups in total. The molecule has 15 heavy (non-hydrogen) atoms. The summed E-state index contributed by atoms with van der Waals surface area (Å²) in [5.41, 5.74) is 0.119. The van der Waals surface area contributed by atoms with Gasteiger partial charge in [0.1, 0.15) is 5.56 Å². The number of nitrogens with one attached hydrogen (secondary N) is 1. The van der Waals surface area contributed by atoms with E-state index >= 15 is 0 Å². The summed E-state index contributed by atoms with van der Waals surface area (Å²) in [6.45, 7) is 1.52. The summed E-state index contributed by atoms with van der Waals surface area (Å²) in [6, 6.07) is 1.40. The second-order valence-electron chi connectivity index (χ2n) is 2.56. The maximum atomic E-state index is 11.1. The van der Waals surface area contributed by atoms with E-state index < -0.39 is 11.9 Å². The molecule has 0 saturated heterocycles. The molecule has 0 aliphatic carbocycles. The molecule has 1 heterocycles. The molecule has 5 nitrogen and oxygen atoms in total. The molecule has 0 aliphatic heterocycles. The van der Waals surface area contributed by atoms with E-state index in [0.717, 1.165) is 6.20 Å².